The molecular weight excluding hydrogens is 362 g/mol. The summed E-state index contributed by atoms with van der Waals surface area (Å²) in [5.41, 5.74) is -0.641. The molecule has 0 radical (unpaired) electrons. The van der Waals surface area contributed by atoms with Gasteiger partial charge in [0.1, 0.15) is 5.75 Å². The van der Waals surface area contributed by atoms with Crippen LogP contribution in [0.2, 0.25) is 0 Å². The van der Waals surface area contributed by atoms with Crippen molar-refractivity contribution in [2.24, 2.45) is 0 Å². The smallest absolute Gasteiger partial charge is 0.416 e. The van der Waals surface area contributed by atoms with Gasteiger partial charge in [0.15, 0.2) is 5.78 Å². The van der Waals surface area contributed by atoms with Gasteiger partial charge < -0.3 is 4.74 Å². The van der Waals surface area contributed by atoms with Crippen molar-refractivity contribution in [1.29, 1.82) is 0 Å². The Kier molecular flexibility index (Phi) is 5.86. The van der Waals surface area contributed by atoms with Crippen molar-refractivity contribution in [3.05, 3.63) is 83.4 Å². The zero-order valence-electron chi connectivity index (χ0n) is 12.9. The molecule has 2 nitrogen and oxygen atoms in total. The van der Waals surface area contributed by atoms with Gasteiger partial charge in [0.05, 0.1) is 5.56 Å². The minimum atomic E-state index is -4.56. The van der Waals surface area contributed by atoms with Gasteiger partial charge in [0.2, 0.25) is 0 Å². The van der Waals surface area contributed by atoms with Crippen molar-refractivity contribution < 1.29 is 35.9 Å². The largest absolute Gasteiger partial charge is 0.428 e. The van der Waals surface area contributed by atoms with E-state index in [-0.39, 0.29) is 11.3 Å². The first-order valence-electron chi connectivity index (χ1n) is 7.05. The maximum atomic E-state index is 12.6. The van der Waals surface area contributed by atoms with E-state index in [0.717, 1.165) is 24.3 Å². The van der Waals surface area contributed by atoms with Gasteiger partial charge in [0, 0.05) is 5.56 Å². The molecule has 136 valence electrons. The van der Waals surface area contributed by atoms with Gasteiger partial charge in [-0.1, -0.05) is 30.3 Å². The fourth-order valence-electron chi connectivity index (χ4n) is 1.91. The molecule has 2 rings (SSSR count). The molecule has 0 aliphatic rings. The summed E-state index contributed by atoms with van der Waals surface area (Å²) < 4.78 is 78.7. The standard InChI is InChI=1S/C18H10F6O2/c19-16(20)17(21)26-14-7-4-11(5-8-14)6-9-15(25)12-2-1-3-13(10-12)18(22,23)24/h1-10H. The van der Waals surface area contributed by atoms with Crippen LogP contribution in [0, 0.1) is 0 Å². The van der Waals surface area contributed by atoms with Crippen LogP contribution in [0.4, 0.5) is 26.3 Å². The van der Waals surface area contributed by atoms with Crippen molar-refractivity contribution >= 4 is 11.9 Å². The summed E-state index contributed by atoms with van der Waals surface area (Å²) in [5, 5.41) is 0. The van der Waals surface area contributed by atoms with Crippen LogP contribution in [0.5, 0.6) is 5.75 Å². The number of hydrogen-bond acceptors (Lipinski definition) is 2. The molecule has 0 aliphatic carbocycles. The third-order valence-electron chi connectivity index (χ3n) is 3.14. The summed E-state index contributed by atoms with van der Waals surface area (Å²) in [4.78, 5) is 12.0. The second-order valence-electron chi connectivity index (χ2n) is 4.98. The van der Waals surface area contributed by atoms with E-state index in [1.165, 1.54) is 36.4 Å². The number of allylic oxidation sites excluding steroid dienone is 1. The molecular formula is C18H10F6O2. The molecule has 0 aromatic heterocycles. The van der Waals surface area contributed by atoms with Crippen LogP contribution in [0.3, 0.4) is 0 Å². The summed E-state index contributed by atoms with van der Waals surface area (Å²) in [6.45, 7) is 0. The molecule has 0 saturated heterocycles. The second kappa shape index (κ2) is 7.90. The first kappa shape index (κ1) is 19.3. The molecule has 0 amide bonds. The van der Waals surface area contributed by atoms with Crippen LogP contribution in [0.25, 0.3) is 6.08 Å². The fraction of sp³-hybridized carbons (Fsp3) is 0.0556. The molecule has 0 atom stereocenters. The topological polar surface area (TPSA) is 26.3 Å². The lowest BCUT2D eigenvalue weighted by molar-refractivity contribution is -0.137. The summed E-state index contributed by atoms with van der Waals surface area (Å²) in [7, 11) is 0. The summed E-state index contributed by atoms with van der Waals surface area (Å²) in [5.74, 6) is -0.832. The van der Waals surface area contributed by atoms with Crippen molar-refractivity contribution in [1.82, 2.24) is 0 Å². The first-order chi connectivity index (χ1) is 12.2. The average Bonchev–Trinajstić information content (AvgIpc) is 2.60. The third kappa shape index (κ3) is 5.23. The van der Waals surface area contributed by atoms with Crippen molar-refractivity contribution in [3.63, 3.8) is 0 Å². The highest BCUT2D eigenvalue weighted by atomic mass is 19.4. The third-order valence-corrected chi connectivity index (χ3v) is 3.14. The quantitative estimate of drug-likeness (QED) is 0.278. The number of hydrogen-bond donors (Lipinski definition) is 0. The van der Waals surface area contributed by atoms with Crippen molar-refractivity contribution in [2.45, 2.75) is 6.18 Å². The average molecular weight is 372 g/mol. The lowest BCUT2D eigenvalue weighted by Crippen LogP contribution is -2.06. The van der Waals surface area contributed by atoms with Crippen LogP contribution in [-0.2, 0) is 6.18 Å². The van der Waals surface area contributed by atoms with Gasteiger partial charge in [-0.3, -0.25) is 4.79 Å². The van der Waals surface area contributed by atoms with E-state index in [0.29, 0.717) is 5.56 Å². The highest BCUT2D eigenvalue weighted by Gasteiger charge is 2.30. The van der Waals surface area contributed by atoms with Gasteiger partial charge in [-0.15, -0.1) is 0 Å². The number of ketones is 1. The lowest BCUT2D eigenvalue weighted by atomic mass is 10.1. The van der Waals surface area contributed by atoms with Gasteiger partial charge >= 0.3 is 18.3 Å². The van der Waals surface area contributed by atoms with E-state index in [4.69, 9.17) is 0 Å². The number of carbonyl (C=O) groups is 1. The van der Waals surface area contributed by atoms with E-state index in [1.807, 2.05) is 0 Å². The van der Waals surface area contributed by atoms with Crippen LogP contribution in [-0.4, -0.2) is 5.78 Å². The molecule has 26 heavy (non-hydrogen) atoms. The minimum Gasteiger partial charge on any atom is -0.428 e. The summed E-state index contributed by atoms with van der Waals surface area (Å²) >= 11 is 0. The molecule has 8 heteroatoms. The van der Waals surface area contributed by atoms with E-state index in [1.54, 1.807) is 0 Å². The highest BCUT2D eigenvalue weighted by Crippen LogP contribution is 2.29. The molecule has 2 aromatic rings. The molecule has 0 aliphatic heterocycles. The fourth-order valence-corrected chi connectivity index (χ4v) is 1.91. The Balaban J connectivity index is 2.10. The maximum absolute atomic E-state index is 12.6. The molecule has 2 aromatic carbocycles. The van der Waals surface area contributed by atoms with E-state index in [2.05, 4.69) is 4.74 Å². The van der Waals surface area contributed by atoms with Crippen molar-refractivity contribution in [3.8, 4) is 5.75 Å². The molecule has 0 N–H and O–H groups in total. The van der Waals surface area contributed by atoms with Gasteiger partial charge in [-0.25, -0.2) is 0 Å². The Morgan fingerprint density at radius 3 is 2.19 bits per heavy atom. The van der Waals surface area contributed by atoms with E-state index < -0.39 is 29.6 Å². The zero-order chi connectivity index (χ0) is 19.3. The number of alkyl halides is 3. The normalized spacial score (nSPS) is 11.5. The first-order valence-corrected chi connectivity index (χ1v) is 7.05. The molecule has 0 spiro atoms. The maximum Gasteiger partial charge on any atom is 0.416 e. The van der Waals surface area contributed by atoms with Crippen LogP contribution >= 0.6 is 0 Å². The van der Waals surface area contributed by atoms with Crippen LogP contribution in [0.1, 0.15) is 21.5 Å². The Hall–Kier alpha value is -3.03. The number of carbonyl (C=O) groups excluding carboxylic acids is 1. The second-order valence-corrected chi connectivity index (χ2v) is 4.98. The highest BCUT2D eigenvalue weighted by molar-refractivity contribution is 6.06. The molecule has 0 fully saturated rings. The Morgan fingerprint density at radius 2 is 1.62 bits per heavy atom. The summed E-state index contributed by atoms with van der Waals surface area (Å²) in [6, 6.07) is 7.05. The van der Waals surface area contributed by atoms with E-state index in [9.17, 15) is 31.1 Å². The molecule has 0 bridgehead atoms. The summed E-state index contributed by atoms with van der Waals surface area (Å²) in [6.07, 6.45) is -4.78. The predicted molar refractivity (Wildman–Crippen MR) is 82.2 cm³/mol. The number of ether oxygens (including phenoxy) is 1. The predicted octanol–water partition coefficient (Wildman–Crippen LogP) is 6.02. The Labute approximate surface area is 144 Å². The number of rotatable bonds is 5. The minimum absolute atomic E-state index is 0.137. The number of benzene rings is 2. The Bertz CT molecular complexity index is 847. The van der Waals surface area contributed by atoms with Gasteiger partial charge in [0.25, 0.3) is 0 Å². The molecule has 0 heterocycles. The number of halogens is 6. The van der Waals surface area contributed by atoms with Gasteiger partial charge in [-0.2, -0.15) is 26.3 Å². The monoisotopic (exact) mass is 372 g/mol. The van der Waals surface area contributed by atoms with E-state index >= 15 is 0 Å². The van der Waals surface area contributed by atoms with Crippen molar-refractivity contribution in [2.75, 3.05) is 0 Å². The lowest BCUT2D eigenvalue weighted by Gasteiger charge is -2.07. The van der Waals surface area contributed by atoms with Gasteiger partial charge in [-0.05, 0) is 35.9 Å². The SMILES string of the molecule is O=C(C=Cc1ccc(OC(F)=C(F)F)cc1)c1cccc(C(F)(F)F)c1. The molecule has 0 unspecified atom stereocenters. The van der Waals surface area contributed by atoms with Crippen LogP contribution < -0.4 is 4.74 Å². The zero-order valence-corrected chi connectivity index (χ0v) is 12.9. The van der Waals surface area contributed by atoms with Crippen LogP contribution in [0.15, 0.2) is 66.7 Å². The molecule has 0 saturated carbocycles. The Morgan fingerprint density at radius 1 is 0.962 bits per heavy atom.